The summed E-state index contributed by atoms with van der Waals surface area (Å²) in [6.45, 7) is 8.17. The Kier molecular flexibility index (Phi) is 5.48. The molecule has 0 saturated heterocycles. The monoisotopic (exact) mass is 289 g/mol. The number of benzene rings is 1. The predicted octanol–water partition coefficient (Wildman–Crippen LogP) is 2.76. The van der Waals surface area contributed by atoms with E-state index < -0.39 is 0 Å². The van der Waals surface area contributed by atoms with Crippen molar-refractivity contribution in [3.05, 3.63) is 29.8 Å². The zero-order valence-corrected chi connectivity index (χ0v) is 13.5. The van der Waals surface area contributed by atoms with Crippen LogP contribution in [0.25, 0.3) is 0 Å². The Morgan fingerprint density at radius 3 is 2.76 bits per heavy atom. The van der Waals surface area contributed by atoms with Crippen molar-refractivity contribution in [1.29, 1.82) is 0 Å². The fourth-order valence-corrected chi connectivity index (χ4v) is 2.42. The van der Waals surface area contributed by atoms with Crippen LogP contribution < -0.4 is 15.4 Å². The lowest BCUT2D eigenvalue weighted by Gasteiger charge is -2.15. The van der Waals surface area contributed by atoms with E-state index in [1.54, 1.807) is 7.11 Å². The van der Waals surface area contributed by atoms with E-state index in [1.165, 1.54) is 12.0 Å². The third kappa shape index (κ3) is 4.38. The summed E-state index contributed by atoms with van der Waals surface area (Å²) in [5.41, 5.74) is 1.21. The largest absolute Gasteiger partial charge is 0.496 e. The minimum absolute atomic E-state index is 0.327. The number of methoxy groups -OCH3 is 1. The number of guanidine groups is 1. The molecule has 1 aliphatic carbocycles. The van der Waals surface area contributed by atoms with Gasteiger partial charge in [-0.15, -0.1) is 0 Å². The molecule has 0 aliphatic heterocycles. The van der Waals surface area contributed by atoms with Gasteiger partial charge >= 0.3 is 0 Å². The van der Waals surface area contributed by atoms with Crippen molar-refractivity contribution < 1.29 is 4.74 Å². The Hall–Kier alpha value is -1.71. The third-order valence-corrected chi connectivity index (χ3v) is 3.97. The molecule has 0 spiro atoms. The number of ether oxygens (including phenoxy) is 1. The lowest BCUT2D eigenvalue weighted by atomic mass is 10.0. The summed E-state index contributed by atoms with van der Waals surface area (Å²) in [6, 6.07) is 8.75. The summed E-state index contributed by atoms with van der Waals surface area (Å²) >= 11 is 0. The quantitative estimate of drug-likeness (QED) is 0.625. The molecule has 1 aromatic rings. The highest BCUT2D eigenvalue weighted by atomic mass is 16.5. The zero-order chi connectivity index (χ0) is 15.2. The van der Waals surface area contributed by atoms with E-state index in [-0.39, 0.29) is 0 Å². The van der Waals surface area contributed by atoms with Gasteiger partial charge in [0.1, 0.15) is 5.75 Å². The van der Waals surface area contributed by atoms with E-state index in [1.807, 2.05) is 18.2 Å². The molecule has 4 nitrogen and oxygen atoms in total. The second-order valence-electron chi connectivity index (χ2n) is 5.83. The van der Waals surface area contributed by atoms with Gasteiger partial charge in [-0.25, -0.2) is 0 Å². The fourth-order valence-electron chi connectivity index (χ4n) is 2.42. The van der Waals surface area contributed by atoms with Gasteiger partial charge in [-0.05, 0) is 30.9 Å². The molecule has 1 fully saturated rings. The van der Waals surface area contributed by atoms with Crippen molar-refractivity contribution in [2.45, 2.75) is 39.2 Å². The smallest absolute Gasteiger partial charge is 0.191 e. The van der Waals surface area contributed by atoms with E-state index >= 15 is 0 Å². The molecule has 2 N–H and O–H groups in total. The highest BCUT2D eigenvalue weighted by molar-refractivity contribution is 5.80. The summed E-state index contributed by atoms with van der Waals surface area (Å²) in [5.74, 6) is 2.95. The Morgan fingerprint density at radius 1 is 1.43 bits per heavy atom. The van der Waals surface area contributed by atoms with E-state index in [0.717, 1.165) is 30.7 Å². The Bertz CT molecular complexity index is 487. The molecular weight excluding hydrogens is 262 g/mol. The van der Waals surface area contributed by atoms with E-state index in [4.69, 9.17) is 9.73 Å². The van der Waals surface area contributed by atoms with Gasteiger partial charge in [0.15, 0.2) is 5.96 Å². The van der Waals surface area contributed by atoms with Crippen molar-refractivity contribution in [2.24, 2.45) is 10.9 Å². The summed E-state index contributed by atoms with van der Waals surface area (Å²) in [5, 5.41) is 6.80. The molecule has 0 aromatic heterocycles. The molecule has 4 heteroatoms. The van der Waals surface area contributed by atoms with Gasteiger partial charge in [0, 0.05) is 25.0 Å². The first kappa shape index (κ1) is 15.7. The Labute approximate surface area is 128 Å². The minimum Gasteiger partial charge on any atom is -0.496 e. The topological polar surface area (TPSA) is 45.7 Å². The molecule has 0 amide bonds. The third-order valence-electron chi connectivity index (χ3n) is 3.97. The van der Waals surface area contributed by atoms with Gasteiger partial charge < -0.3 is 15.4 Å². The van der Waals surface area contributed by atoms with Crippen LogP contribution in [0.2, 0.25) is 0 Å². The molecule has 1 aromatic carbocycles. The van der Waals surface area contributed by atoms with Crippen LogP contribution in [0, 0.1) is 5.92 Å². The second-order valence-corrected chi connectivity index (χ2v) is 5.83. The van der Waals surface area contributed by atoms with Crippen LogP contribution in [0.3, 0.4) is 0 Å². The lowest BCUT2D eigenvalue weighted by molar-refractivity contribution is 0.407. The molecule has 0 radical (unpaired) electrons. The molecule has 3 unspecified atom stereocenters. The summed E-state index contributed by atoms with van der Waals surface area (Å²) in [7, 11) is 1.72. The van der Waals surface area contributed by atoms with Crippen LogP contribution >= 0.6 is 0 Å². The van der Waals surface area contributed by atoms with Gasteiger partial charge in [0.25, 0.3) is 0 Å². The van der Waals surface area contributed by atoms with Crippen LogP contribution in [0.1, 0.15) is 38.7 Å². The molecule has 0 bridgehead atoms. The molecule has 1 aliphatic rings. The zero-order valence-electron chi connectivity index (χ0n) is 13.5. The van der Waals surface area contributed by atoms with E-state index in [2.05, 4.69) is 37.5 Å². The Balaban J connectivity index is 1.98. The van der Waals surface area contributed by atoms with Crippen LogP contribution in [-0.2, 0) is 0 Å². The van der Waals surface area contributed by atoms with Crippen molar-refractivity contribution in [3.8, 4) is 5.75 Å². The lowest BCUT2D eigenvalue weighted by Crippen LogP contribution is -2.39. The average molecular weight is 289 g/mol. The normalized spacial score (nSPS) is 22.6. The van der Waals surface area contributed by atoms with Gasteiger partial charge in [-0.1, -0.05) is 32.0 Å². The van der Waals surface area contributed by atoms with Crippen LogP contribution in [-0.4, -0.2) is 32.2 Å². The molecule has 1 saturated carbocycles. The van der Waals surface area contributed by atoms with Crippen molar-refractivity contribution in [1.82, 2.24) is 10.6 Å². The van der Waals surface area contributed by atoms with Crippen LogP contribution in [0.4, 0.5) is 0 Å². The number of rotatable bonds is 6. The highest BCUT2D eigenvalue weighted by Gasteiger charge is 2.33. The molecular formula is C17H27N3O. The number of hydrogen-bond acceptors (Lipinski definition) is 2. The molecule has 21 heavy (non-hydrogen) atoms. The van der Waals surface area contributed by atoms with Gasteiger partial charge in [-0.3, -0.25) is 4.99 Å². The summed E-state index contributed by atoms with van der Waals surface area (Å²) in [6.07, 6.45) is 1.24. The minimum atomic E-state index is 0.327. The van der Waals surface area contributed by atoms with Crippen LogP contribution in [0.5, 0.6) is 5.75 Å². The van der Waals surface area contributed by atoms with Crippen molar-refractivity contribution >= 4 is 5.96 Å². The van der Waals surface area contributed by atoms with E-state index in [0.29, 0.717) is 12.0 Å². The number of para-hydroxylation sites is 1. The number of hydrogen-bond donors (Lipinski definition) is 2. The number of nitrogens with one attached hydrogen (secondary N) is 2. The average Bonchev–Trinajstić information content (AvgIpc) is 3.19. The molecule has 0 heterocycles. The first-order valence-corrected chi connectivity index (χ1v) is 7.83. The molecule has 116 valence electrons. The van der Waals surface area contributed by atoms with Crippen LogP contribution in [0.15, 0.2) is 29.3 Å². The maximum Gasteiger partial charge on any atom is 0.191 e. The molecule has 3 atom stereocenters. The first-order valence-electron chi connectivity index (χ1n) is 7.83. The van der Waals surface area contributed by atoms with Crippen molar-refractivity contribution in [3.63, 3.8) is 0 Å². The maximum absolute atomic E-state index is 5.43. The predicted molar refractivity (Wildman–Crippen MR) is 88.1 cm³/mol. The fraction of sp³-hybridized carbons (Fsp3) is 0.588. The van der Waals surface area contributed by atoms with Crippen molar-refractivity contribution in [2.75, 3.05) is 20.2 Å². The number of aliphatic imine (C=N–C) groups is 1. The summed E-state index contributed by atoms with van der Waals surface area (Å²) in [4.78, 5) is 4.72. The van der Waals surface area contributed by atoms with Gasteiger partial charge in [-0.2, -0.15) is 0 Å². The first-order chi connectivity index (χ1) is 10.2. The second kappa shape index (κ2) is 7.34. The SMILES string of the molecule is CCNC(=NCC(C)c1ccccc1OC)NC1CC1C. The van der Waals surface area contributed by atoms with Gasteiger partial charge in [0.05, 0.1) is 7.11 Å². The Morgan fingerprint density at radius 2 is 2.14 bits per heavy atom. The van der Waals surface area contributed by atoms with E-state index in [9.17, 15) is 0 Å². The maximum atomic E-state index is 5.43. The highest BCUT2D eigenvalue weighted by Crippen LogP contribution is 2.29. The number of nitrogens with zero attached hydrogens (tertiary/aromatic N) is 1. The standard InChI is InChI=1S/C17H27N3O/c1-5-18-17(20-15-10-12(15)2)19-11-13(3)14-8-6-7-9-16(14)21-4/h6-9,12-13,15H,5,10-11H2,1-4H3,(H2,18,19,20). The summed E-state index contributed by atoms with van der Waals surface area (Å²) < 4.78 is 5.43. The van der Waals surface area contributed by atoms with Gasteiger partial charge in [0.2, 0.25) is 0 Å². The molecule has 2 rings (SSSR count).